The van der Waals surface area contributed by atoms with Gasteiger partial charge in [0.2, 0.25) is 0 Å². The summed E-state index contributed by atoms with van der Waals surface area (Å²) in [5.41, 5.74) is 9.25. The average molecular weight is 1830 g/mol. The zero-order valence-electron chi connectivity index (χ0n) is 76.3. The third kappa shape index (κ3) is 33.0. The first-order valence-corrected chi connectivity index (χ1v) is 47.6. The summed E-state index contributed by atoms with van der Waals surface area (Å²) in [4.78, 5) is 89.7. The fourth-order valence-corrected chi connectivity index (χ4v) is 21.0. The van der Waals surface area contributed by atoms with Crippen LogP contribution in [0, 0.1) is 71.0 Å². The minimum atomic E-state index is -1.07. The highest BCUT2D eigenvalue weighted by Gasteiger charge is 2.49. The molecule has 0 unspecified atom stereocenters. The molecule has 20 atom stereocenters. The van der Waals surface area contributed by atoms with E-state index in [1.54, 1.807) is 0 Å². The van der Waals surface area contributed by atoms with Gasteiger partial charge in [0.05, 0.1) is 88.3 Å². The predicted molar refractivity (Wildman–Crippen MR) is 477 cm³/mol. The van der Waals surface area contributed by atoms with Crippen molar-refractivity contribution in [2.45, 2.75) is 282 Å². The number of carbonyl (C=O) groups excluding carboxylic acids is 4. The minimum Gasteiger partial charge on any atom is -0.482 e. The van der Waals surface area contributed by atoms with Crippen molar-refractivity contribution in [3.05, 3.63) is 117 Å². The summed E-state index contributed by atoms with van der Waals surface area (Å²) in [6.45, 7) is 7.42. The van der Waals surface area contributed by atoms with Gasteiger partial charge in [-0.2, -0.15) is 0 Å². The number of hydrogen-bond donors (Lipinski definition) is 12. The number of unbranched alkanes of at least 4 members (excludes halogenated alkanes) is 3. The molecule has 724 valence electrons. The number of rotatable bonds is 50. The molecule has 0 spiro atoms. The summed E-state index contributed by atoms with van der Waals surface area (Å²) < 4.78 is 53.5. The molecule has 8 aliphatic carbocycles. The molecule has 0 aromatic heterocycles. The molecule has 12 N–H and O–H groups in total. The van der Waals surface area contributed by atoms with Crippen LogP contribution in [-0.4, -0.2) is 237 Å². The molecular weight excluding hydrogens is 1680 g/mol. The first-order valence-electron chi connectivity index (χ1n) is 47.6. The topological polar surface area (TPSA) is 472 Å². The van der Waals surface area contributed by atoms with E-state index >= 15 is 0 Å². The van der Waals surface area contributed by atoms with Gasteiger partial charge in [0.15, 0.2) is 26.4 Å². The molecule has 0 heterocycles. The molecule has 0 amide bonds. The summed E-state index contributed by atoms with van der Waals surface area (Å²) in [7, 11) is 0. The van der Waals surface area contributed by atoms with E-state index in [0.29, 0.717) is 102 Å². The second kappa shape index (κ2) is 54.6. The van der Waals surface area contributed by atoms with E-state index < -0.39 is 54.4 Å². The maximum Gasteiger partial charge on any atom is 0.344 e. The SMILES string of the molecule is CC[C@H](O)CC[C@@H]1[C@H]2Cc3cccc(OCC(=O)OCCCCC(=O)O)c3C[C@H]2C[C@H]1O.CC[C@H](O)CC[C@@H]1[C@H]2Cc3cccc(OCC(=O)OCCCCCC(=O)O)c3C[C@H]2C[C@H]1O.CC[C@H](O)CC[C@@H]1[C@H]2Cc3cccc(OCC(=O)OCCOCC(=O)O)c3C[C@H]2C[C@H]1O.CC[C@H](O)CC[C@@H]1[C@H]2Cc3cccc(OCC(=O)OCCOCCC(=O)O)c3C[C@H]2C[C@H]1O. The molecule has 4 aromatic rings. The van der Waals surface area contributed by atoms with Crippen molar-refractivity contribution in [2.24, 2.45) is 71.0 Å². The van der Waals surface area contributed by atoms with E-state index in [-0.39, 0.29) is 164 Å². The molecule has 4 fully saturated rings. The lowest BCUT2D eigenvalue weighted by molar-refractivity contribution is -0.149. The molecule has 130 heavy (non-hydrogen) atoms. The Bertz CT molecular complexity index is 3930. The largest absolute Gasteiger partial charge is 0.482 e. The molecule has 0 aliphatic heterocycles. The summed E-state index contributed by atoms with van der Waals surface area (Å²) >= 11 is 0. The summed E-state index contributed by atoms with van der Waals surface area (Å²) in [5.74, 6) is 1.14. The first kappa shape index (κ1) is 105. The van der Waals surface area contributed by atoms with Crippen LogP contribution in [-0.2, 0) is 118 Å². The quantitative estimate of drug-likeness (QED) is 0.0111. The number of aliphatic hydroxyl groups is 8. The van der Waals surface area contributed by atoms with Crippen molar-refractivity contribution in [3.8, 4) is 23.0 Å². The molecule has 8 aliphatic rings. The van der Waals surface area contributed by atoms with Gasteiger partial charge in [-0.15, -0.1) is 0 Å². The Kier molecular flexibility index (Phi) is 44.1. The summed E-state index contributed by atoms with van der Waals surface area (Å²) in [5, 5.41) is 117. The van der Waals surface area contributed by atoms with Crippen LogP contribution in [0.15, 0.2) is 72.8 Å². The number of aliphatic hydroxyl groups excluding tert-OH is 8. The van der Waals surface area contributed by atoms with Gasteiger partial charge in [0.1, 0.15) is 42.8 Å². The van der Waals surface area contributed by atoms with Crippen molar-refractivity contribution in [1.82, 2.24) is 0 Å². The average Bonchev–Trinajstić information content (AvgIpc) is 1.64. The van der Waals surface area contributed by atoms with Crippen molar-refractivity contribution < 1.29 is 147 Å². The smallest absolute Gasteiger partial charge is 0.344 e. The van der Waals surface area contributed by atoms with Gasteiger partial charge in [0.25, 0.3) is 0 Å². The Balaban J connectivity index is 0.000000195. The lowest BCUT2D eigenvalue weighted by atomic mass is 9.73. The second-order valence-electron chi connectivity index (χ2n) is 36.6. The Morgan fingerprint density at radius 3 is 0.854 bits per heavy atom. The number of ether oxygens (including phenoxy) is 10. The fraction of sp³-hybridized carbons (Fsp3) is 0.680. The van der Waals surface area contributed by atoms with Gasteiger partial charge in [-0.1, -0.05) is 76.2 Å². The number of carboxylic acids is 4. The monoisotopic (exact) mass is 1820 g/mol. The van der Waals surface area contributed by atoms with Gasteiger partial charge in [0, 0.05) is 12.8 Å². The highest BCUT2D eigenvalue weighted by Crippen LogP contribution is 2.53. The molecule has 0 bridgehead atoms. The standard InChI is InChI=1S/C26H38O7.C25H36O8.C25H36O7.C24H34O8/c1-2-19(27)10-11-20-21-13-17-7-6-8-24(22(17)14-18(21)15-23(20)28)33-16-26(31)32-12-5-3-4-9-25(29)30;1-2-18(26)6-7-19-20-12-16-4-3-5-23(21(16)13-17(20)14-22(19)27)33-15-25(30)32-11-10-31-9-8-24(28)29;1-2-18(26)9-10-19-20-12-16-6-5-7-23(21(16)13-17(20)14-22(19)27)32-15-25(30)31-11-4-3-8-24(28)29;1-2-17(25)6-7-18-19-10-15-4-3-5-22(20(15)11-16(19)12-21(18)26)32-14-24(29)31-9-8-30-13-23(27)28/h6-8,18-21,23,27-28H,2-5,9-16H2,1H3,(H,29,30);3-5,17-20,22,26-27H,2,6-15H2,1H3,(H,28,29);5-7,17-20,22,26-27H,2-4,8-15H2,1H3,(H,28,29);3-5,16-19,21,25-26H,2,6-14H2,1H3,(H,27,28)/t18-,19-,20+,21-,23+;2*17-,18-,19+,20-,22+;16-,17-,18+,19-,21+/m0000/s1. The van der Waals surface area contributed by atoms with Crippen LogP contribution < -0.4 is 18.9 Å². The van der Waals surface area contributed by atoms with E-state index in [4.69, 9.17) is 67.8 Å². The number of fused-ring (bicyclic) bond motifs is 8. The molecular formula is C100H144O30. The highest BCUT2D eigenvalue weighted by atomic mass is 16.6. The Hall–Kier alpha value is -8.56. The zero-order chi connectivity index (χ0) is 93.8. The summed E-state index contributed by atoms with van der Waals surface area (Å²) in [6, 6.07) is 23.6. The van der Waals surface area contributed by atoms with Crippen LogP contribution in [0.25, 0.3) is 0 Å². The van der Waals surface area contributed by atoms with Crippen molar-refractivity contribution in [2.75, 3.05) is 79.3 Å². The second-order valence-corrected chi connectivity index (χ2v) is 36.6. The third-order valence-corrected chi connectivity index (χ3v) is 28.0. The first-order chi connectivity index (χ1) is 62.5. The number of esters is 4. The summed E-state index contributed by atoms with van der Waals surface area (Å²) in [6.07, 6.45) is 19.6. The van der Waals surface area contributed by atoms with Crippen LogP contribution in [0.5, 0.6) is 23.0 Å². The minimum absolute atomic E-state index is 0.0145. The Labute approximate surface area is 763 Å². The molecule has 30 nitrogen and oxygen atoms in total. The molecule has 0 radical (unpaired) electrons. The van der Waals surface area contributed by atoms with Crippen LogP contribution in [0.2, 0.25) is 0 Å². The zero-order valence-corrected chi connectivity index (χ0v) is 76.3. The lowest BCUT2D eigenvalue weighted by Crippen LogP contribution is -2.28. The van der Waals surface area contributed by atoms with Crippen molar-refractivity contribution in [1.29, 1.82) is 0 Å². The molecule has 4 aromatic carbocycles. The van der Waals surface area contributed by atoms with Gasteiger partial charge >= 0.3 is 47.8 Å². The normalized spacial score (nSPS) is 24.8. The number of benzene rings is 4. The number of hydrogen-bond acceptors (Lipinski definition) is 26. The maximum atomic E-state index is 12.1. The van der Waals surface area contributed by atoms with Gasteiger partial charge < -0.3 is 109 Å². The van der Waals surface area contributed by atoms with E-state index in [0.717, 1.165) is 176 Å². The van der Waals surface area contributed by atoms with Gasteiger partial charge in [-0.3, -0.25) is 14.4 Å². The van der Waals surface area contributed by atoms with E-state index in [1.807, 2.05) is 76.2 Å². The van der Waals surface area contributed by atoms with E-state index in [9.17, 15) is 79.2 Å². The predicted octanol–water partition coefficient (Wildman–Crippen LogP) is 11.0. The number of carbonyl (C=O) groups is 8. The van der Waals surface area contributed by atoms with E-state index in [1.165, 1.54) is 22.3 Å². The molecule has 0 saturated heterocycles. The lowest BCUT2D eigenvalue weighted by Gasteiger charge is -2.32. The highest BCUT2D eigenvalue weighted by molar-refractivity contribution is 5.73. The van der Waals surface area contributed by atoms with Crippen molar-refractivity contribution in [3.63, 3.8) is 0 Å². The third-order valence-electron chi connectivity index (χ3n) is 28.0. The van der Waals surface area contributed by atoms with Crippen LogP contribution in [0.1, 0.15) is 226 Å². The maximum absolute atomic E-state index is 12.1. The van der Waals surface area contributed by atoms with Gasteiger partial charge in [-0.25, -0.2) is 24.0 Å². The molecule has 4 saturated carbocycles. The Morgan fingerprint density at radius 2 is 0.577 bits per heavy atom. The van der Waals surface area contributed by atoms with Crippen LogP contribution >= 0.6 is 0 Å². The van der Waals surface area contributed by atoms with Gasteiger partial charge in [-0.05, 0) is 326 Å². The van der Waals surface area contributed by atoms with Crippen molar-refractivity contribution >= 4 is 47.8 Å². The molecule has 30 heteroatoms. The van der Waals surface area contributed by atoms with Crippen LogP contribution in [0.4, 0.5) is 0 Å². The fourth-order valence-electron chi connectivity index (χ4n) is 21.0. The number of carboxylic acid groups (broad SMARTS) is 4. The number of aliphatic carboxylic acids is 4. The van der Waals surface area contributed by atoms with Crippen LogP contribution in [0.3, 0.4) is 0 Å². The molecule has 12 rings (SSSR count). The van der Waals surface area contributed by atoms with E-state index in [2.05, 4.69) is 24.3 Å². The Morgan fingerprint density at radius 1 is 0.308 bits per heavy atom.